The van der Waals surface area contributed by atoms with E-state index in [1.54, 1.807) is 11.3 Å². The summed E-state index contributed by atoms with van der Waals surface area (Å²) < 4.78 is 4.80. The average Bonchev–Trinajstić information content (AvgIpc) is 3.03. The minimum atomic E-state index is 0.233. The molecular formula is C13H15N3S2. The van der Waals surface area contributed by atoms with Crippen LogP contribution in [-0.4, -0.2) is 16.8 Å². The van der Waals surface area contributed by atoms with Crippen molar-refractivity contribution in [1.29, 1.82) is 0 Å². The summed E-state index contributed by atoms with van der Waals surface area (Å²) >= 11 is 3.66. The monoisotopic (exact) mass is 277 g/mol. The van der Waals surface area contributed by atoms with E-state index in [4.69, 9.17) is 0 Å². The van der Waals surface area contributed by atoms with Crippen LogP contribution in [-0.2, 0) is 6.54 Å². The highest BCUT2D eigenvalue weighted by Gasteiger charge is 2.18. The van der Waals surface area contributed by atoms with E-state index in [-0.39, 0.29) is 6.04 Å². The number of fused-ring (bicyclic) bond motifs is 1. The molecule has 3 heterocycles. The van der Waals surface area contributed by atoms with Crippen molar-refractivity contribution in [3.8, 4) is 0 Å². The summed E-state index contributed by atoms with van der Waals surface area (Å²) in [5.74, 6) is 0. The topological polar surface area (TPSA) is 29.9 Å². The fourth-order valence-electron chi connectivity index (χ4n) is 2.21. The largest absolute Gasteiger partial charge is 0.307 e. The number of hydrogen-bond donors (Lipinski definition) is 1. The standard InChI is InChI=1S/C13H15N3S2/c1-3-16-9(4-6-15-16)13(14-2)12-8-11-10(18-12)5-7-17-11/h4-8,13-14H,3H2,1-2H3. The second-order valence-electron chi connectivity index (χ2n) is 4.09. The van der Waals surface area contributed by atoms with E-state index < -0.39 is 0 Å². The van der Waals surface area contributed by atoms with E-state index in [9.17, 15) is 0 Å². The molecule has 0 radical (unpaired) electrons. The van der Waals surface area contributed by atoms with Crippen molar-refractivity contribution >= 4 is 32.1 Å². The van der Waals surface area contributed by atoms with E-state index in [2.05, 4.69) is 45.6 Å². The molecule has 5 heteroatoms. The Bertz CT molecular complexity index is 621. The highest BCUT2D eigenvalue weighted by atomic mass is 32.1. The van der Waals surface area contributed by atoms with E-state index in [0.29, 0.717) is 0 Å². The average molecular weight is 277 g/mol. The number of hydrogen-bond acceptors (Lipinski definition) is 4. The fraction of sp³-hybridized carbons (Fsp3) is 0.308. The van der Waals surface area contributed by atoms with Crippen LogP contribution in [0, 0.1) is 0 Å². The van der Waals surface area contributed by atoms with Gasteiger partial charge < -0.3 is 5.32 Å². The molecule has 0 aliphatic rings. The second kappa shape index (κ2) is 4.84. The van der Waals surface area contributed by atoms with E-state index >= 15 is 0 Å². The van der Waals surface area contributed by atoms with Gasteiger partial charge in [-0.15, -0.1) is 22.7 Å². The summed E-state index contributed by atoms with van der Waals surface area (Å²) in [5.41, 5.74) is 1.23. The van der Waals surface area contributed by atoms with Crippen LogP contribution in [0.3, 0.4) is 0 Å². The van der Waals surface area contributed by atoms with Crippen LogP contribution in [0.15, 0.2) is 29.8 Å². The number of aromatic nitrogens is 2. The SMILES string of the molecule is CCn1nccc1C(NC)c1cc2sccc2s1. The Morgan fingerprint density at radius 3 is 3.00 bits per heavy atom. The van der Waals surface area contributed by atoms with Gasteiger partial charge in [0.1, 0.15) is 0 Å². The highest BCUT2D eigenvalue weighted by molar-refractivity contribution is 7.27. The second-order valence-corrected chi connectivity index (χ2v) is 6.15. The molecular weight excluding hydrogens is 262 g/mol. The molecule has 1 unspecified atom stereocenters. The first-order chi connectivity index (χ1) is 8.83. The lowest BCUT2D eigenvalue weighted by atomic mass is 10.1. The minimum Gasteiger partial charge on any atom is -0.307 e. The van der Waals surface area contributed by atoms with Crippen molar-refractivity contribution in [3.05, 3.63) is 40.3 Å². The zero-order valence-corrected chi connectivity index (χ0v) is 12.0. The first-order valence-electron chi connectivity index (χ1n) is 5.99. The summed E-state index contributed by atoms with van der Waals surface area (Å²) in [6.45, 7) is 3.02. The zero-order chi connectivity index (χ0) is 12.5. The predicted octanol–water partition coefficient (Wildman–Crippen LogP) is 3.49. The molecule has 0 saturated heterocycles. The molecule has 1 atom stereocenters. The summed E-state index contributed by atoms with van der Waals surface area (Å²) in [6.07, 6.45) is 1.87. The van der Waals surface area contributed by atoms with Crippen LogP contribution < -0.4 is 5.32 Å². The third-order valence-electron chi connectivity index (χ3n) is 3.08. The molecule has 18 heavy (non-hydrogen) atoms. The van der Waals surface area contributed by atoms with Gasteiger partial charge in [-0.3, -0.25) is 4.68 Å². The number of nitrogens with one attached hydrogen (secondary N) is 1. The van der Waals surface area contributed by atoms with Gasteiger partial charge in [-0.2, -0.15) is 5.10 Å². The zero-order valence-electron chi connectivity index (χ0n) is 10.4. The molecule has 0 aromatic carbocycles. The number of thiophene rings is 2. The van der Waals surface area contributed by atoms with Crippen molar-refractivity contribution in [2.24, 2.45) is 0 Å². The quantitative estimate of drug-likeness (QED) is 0.791. The van der Waals surface area contributed by atoms with Crippen molar-refractivity contribution in [3.63, 3.8) is 0 Å². The van der Waals surface area contributed by atoms with Crippen LogP contribution >= 0.6 is 22.7 Å². The molecule has 3 nitrogen and oxygen atoms in total. The van der Waals surface area contributed by atoms with E-state index in [1.807, 2.05) is 24.6 Å². The molecule has 1 N–H and O–H groups in total. The smallest absolute Gasteiger partial charge is 0.0840 e. The molecule has 3 rings (SSSR count). The maximum absolute atomic E-state index is 4.35. The first-order valence-corrected chi connectivity index (χ1v) is 7.69. The van der Waals surface area contributed by atoms with Crippen LogP contribution in [0.5, 0.6) is 0 Å². The lowest BCUT2D eigenvalue weighted by Crippen LogP contribution is -2.20. The third kappa shape index (κ3) is 1.88. The van der Waals surface area contributed by atoms with Crippen LogP contribution in [0.1, 0.15) is 23.5 Å². The Morgan fingerprint density at radius 2 is 2.28 bits per heavy atom. The van der Waals surface area contributed by atoms with Gasteiger partial charge in [-0.05, 0) is 37.6 Å². The highest BCUT2D eigenvalue weighted by Crippen LogP contribution is 2.35. The van der Waals surface area contributed by atoms with Crippen LogP contribution in [0.2, 0.25) is 0 Å². The molecule has 0 spiro atoms. The minimum absolute atomic E-state index is 0.233. The van der Waals surface area contributed by atoms with Gasteiger partial charge in [0.15, 0.2) is 0 Å². The molecule has 0 aliphatic carbocycles. The van der Waals surface area contributed by atoms with Gasteiger partial charge in [-0.25, -0.2) is 0 Å². The number of rotatable bonds is 4. The maximum atomic E-state index is 4.35. The van der Waals surface area contributed by atoms with Gasteiger partial charge in [-0.1, -0.05) is 0 Å². The molecule has 0 saturated carbocycles. The molecule has 0 amide bonds. The number of nitrogens with zero attached hydrogens (tertiary/aromatic N) is 2. The Balaban J connectivity index is 2.04. The molecule has 0 aliphatic heterocycles. The lowest BCUT2D eigenvalue weighted by molar-refractivity contribution is 0.568. The molecule has 0 fully saturated rings. The van der Waals surface area contributed by atoms with Crippen molar-refractivity contribution in [1.82, 2.24) is 15.1 Å². The van der Waals surface area contributed by atoms with Gasteiger partial charge in [0.05, 0.1) is 11.7 Å². The maximum Gasteiger partial charge on any atom is 0.0840 e. The Labute approximate surface area is 114 Å². The van der Waals surface area contributed by atoms with Gasteiger partial charge in [0, 0.05) is 27.0 Å². The molecule has 3 aromatic rings. The normalized spacial score (nSPS) is 13.2. The van der Waals surface area contributed by atoms with Gasteiger partial charge in [0.25, 0.3) is 0 Å². The van der Waals surface area contributed by atoms with Crippen molar-refractivity contribution in [2.45, 2.75) is 19.5 Å². The van der Waals surface area contributed by atoms with Crippen LogP contribution in [0.4, 0.5) is 0 Å². The molecule has 0 bridgehead atoms. The van der Waals surface area contributed by atoms with E-state index in [0.717, 1.165) is 6.54 Å². The number of aryl methyl sites for hydroxylation is 1. The van der Waals surface area contributed by atoms with Crippen molar-refractivity contribution in [2.75, 3.05) is 7.05 Å². The summed E-state index contributed by atoms with van der Waals surface area (Å²) in [4.78, 5) is 1.36. The predicted molar refractivity (Wildman–Crippen MR) is 78.5 cm³/mol. The van der Waals surface area contributed by atoms with Gasteiger partial charge in [0.2, 0.25) is 0 Å². The molecule has 3 aromatic heterocycles. The summed E-state index contributed by atoms with van der Waals surface area (Å²) in [5, 5.41) is 9.90. The third-order valence-corrected chi connectivity index (χ3v) is 5.23. The fourth-order valence-corrected chi connectivity index (χ4v) is 4.46. The summed E-state index contributed by atoms with van der Waals surface area (Å²) in [6, 6.07) is 6.81. The van der Waals surface area contributed by atoms with Crippen molar-refractivity contribution < 1.29 is 0 Å². The molecule has 94 valence electrons. The van der Waals surface area contributed by atoms with Gasteiger partial charge >= 0.3 is 0 Å². The summed E-state index contributed by atoms with van der Waals surface area (Å²) in [7, 11) is 2.01. The Hall–Kier alpha value is -1.17. The lowest BCUT2D eigenvalue weighted by Gasteiger charge is -2.15. The first kappa shape index (κ1) is 11.9. The van der Waals surface area contributed by atoms with E-state index in [1.165, 1.54) is 20.0 Å². The van der Waals surface area contributed by atoms with Crippen LogP contribution in [0.25, 0.3) is 9.40 Å². The Morgan fingerprint density at radius 1 is 1.39 bits per heavy atom. The Kier molecular flexibility index (Phi) is 3.20.